The Labute approximate surface area is 125 Å². The first-order chi connectivity index (χ1) is 10.1. The Hall–Kier alpha value is -2.29. The van der Waals surface area contributed by atoms with Gasteiger partial charge in [0.2, 0.25) is 0 Å². The second-order valence-corrected chi connectivity index (χ2v) is 5.54. The van der Waals surface area contributed by atoms with Crippen LogP contribution >= 0.6 is 0 Å². The van der Waals surface area contributed by atoms with E-state index in [0.29, 0.717) is 18.2 Å². The molecule has 0 aliphatic carbocycles. The molecule has 2 aromatic rings. The Kier molecular flexibility index (Phi) is 4.99. The molecular weight excluding hydrogens is 262 g/mol. The molecule has 0 amide bonds. The van der Waals surface area contributed by atoms with Gasteiger partial charge in [-0.1, -0.05) is 48.8 Å². The lowest BCUT2D eigenvalue weighted by atomic mass is 10.0. The van der Waals surface area contributed by atoms with Crippen molar-refractivity contribution < 1.29 is 9.94 Å². The molecule has 0 aliphatic rings. The van der Waals surface area contributed by atoms with Gasteiger partial charge in [-0.25, -0.2) is 0 Å². The first kappa shape index (κ1) is 15.1. The Morgan fingerprint density at radius 1 is 1.00 bits per heavy atom. The van der Waals surface area contributed by atoms with Crippen molar-refractivity contribution in [3.05, 3.63) is 65.2 Å². The zero-order valence-corrected chi connectivity index (χ0v) is 12.7. The molecule has 0 fully saturated rings. The van der Waals surface area contributed by atoms with E-state index in [1.807, 2.05) is 55.5 Å². The number of nitrogens with zero attached hydrogens (tertiary/aromatic N) is 1. The van der Waals surface area contributed by atoms with Crippen LogP contribution in [0, 0.1) is 12.8 Å². The average molecular weight is 283 g/mol. The highest BCUT2D eigenvalue weighted by molar-refractivity contribution is 6.12. The lowest BCUT2D eigenvalue weighted by molar-refractivity contribution is 0.271. The van der Waals surface area contributed by atoms with Crippen molar-refractivity contribution >= 4 is 5.71 Å². The molecule has 2 rings (SSSR count). The molecule has 3 heteroatoms. The Balaban J connectivity index is 2.18. The van der Waals surface area contributed by atoms with E-state index < -0.39 is 0 Å². The van der Waals surface area contributed by atoms with Crippen LogP contribution in [0.25, 0.3) is 0 Å². The zero-order chi connectivity index (χ0) is 15.2. The molecule has 0 aromatic heterocycles. The smallest absolute Gasteiger partial charge is 0.119 e. The number of benzene rings is 2. The summed E-state index contributed by atoms with van der Waals surface area (Å²) >= 11 is 0. The van der Waals surface area contributed by atoms with Gasteiger partial charge >= 0.3 is 0 Å². The van der Waals surface area contributed by atoms with E-state index in [4.69, 9.17) is 4.74 Å². The summed E-state index contributed by atoms with van der Waals surface area (Å²) < 4.78 is 5.65. The lowest BCUT2D eigenvalue weighted by Gasteiger charge is -2.10. The minimum Gasteiger partial charge on any atom is -0.493 e. The van der Waals surface area contributed by atoms with Crippen molar-refractivity contribution in [3.63, 3.8) is 0 Å². The minimum atomic E-state index is 0.492. The summed E-state index contributed by atoms with van der Waals surface area (Å²) in [6.07, 6.45) is 0. The molecule has 0 spiro atoms. The molecule has 3 nitrogen and oxygen atoms in total. The molecule has 21 heavy (non-hydrogen) atoms. The maximum Gasteiger partial charge on any atom is 0.119 e. The van der Waals surface area contributed by atoms with Crippen LogP contribution in [0.1, 0.15) is 30.5 Å². The molecule has 1 N–H and O–H groups in total. The second kappa shape index (κ2) is 6.93. The summed E-state index contributed by atoms with van der Waals surface area (Å²) in [5.41, 5.74) is 3.48. The molecule has 0 radical (unpaired) electrons. The normalized spacial score (nSPS) is 11.7. The summed E-state index contributed by atoms with van der Waals surface area (Å²) in [7, 11) is 0. The van der Waals surface area contributed by atoms with E-state index in [1.54, 1.807) is 0 Å². The third-order valence-corrected chi connectivity index (χ3v) is 3.14. The van der Waals surface area contributed by atoms with E-state index in [0.717, 1.165) is 16.9 Å². The highest BCUT2D eigenvalue weighted by Crippen LogP contribution is 2.17. The van der Waals surface area contributed by atoms with Crippen molar-refractivity contribution in [1.82, 2.24) is 0 Å². The van der Waals surface area contributed by atoms with Gasteiger partial charge in [-0.2, -0.15) is 0 Å². The van der Waals surface area contributed by atoms with Crippen molar-refractivity contribution in [1.29, 1.82) is 0 Å². The van der Waals surface area contributed by atoms with Crippen LogP contribution in [-0.2, 0) is 0 Å². The summed E-state index contributed by atoms with van der Waals surface area (Å²) in [5.74, 6) is 1.32. The van der Waals surface area contributed by atoms with E-state index in [9.17, 15) is 5.21 Å². The van der Waals surface area contributed by atoms with Gasteiger partial charge in [0.05, 0.1) is 6.61 Å². The van der Waals surface area contributed by atoms with Crippen molar-refractivity contribution in [2.75, 3.05) is 6.61 Å². The number of hydrogen-bond donors (Lipinski definition) is 1. The van der Waals surface area contributed by atoms with Gasteiger partial charge in [0.15, 0.2) is 0 Å². The first-order valence-corrected chi connectivity index (χ1v) is 7.12. The van der Waals surface area contributed by atoms with E-state index in [-0.39, 0.29) is 0 Å². The molecule has 0 saturated carbocycles. The van der Waals surface area contributed by atoms with Gasteiger partial charge in [0, 0.05) is 11.1 Å². The van der Waals surface area contributed by atoms with Gasteiger partial charge in [0.1, 0.15) is 11.5 Å². The highest BCUT2D eigenvalue weighted by atomic mass is 16.5. The predicted octanol–water partition coefficient (Wildman–Crippen LogP) is 4.26. The number of oxime groups is 1. The van der Waals surface area contributed by atoms with Crippen LogP contribution in [0.15, 0.2) is 53.7 Å². The minimum absolute atomic E-state index is 0.492. The quantitative estimate of drug-likeness (QED) is 0.506. The zero-order valence-electron chi connectivity index (χ0n) is 12.7. The van der Waals surface area contributed by atoms with Crippen molar-refractivity contribution in [2.24, 2.45) is 11.1 Å². The Morgan fingerprint density at radius 3 is 2.00 bits per heavy atom. The maximum atomic E-state index is 9.30. The molecule has 0 unspecified atom stereocenters. The molecule has 0 heterocycles. The Bertz CT molecular complexity index is 598. The topological polar surface area (TPSA) is 41.8 Å². The highest BCUT2D eigenvalue weighted by Gasteiger charge is 2.08. The molecule has 0 bridgehead atoms. The SMILES string of the molecule is Cc1ccc(/C(=N/O)c2ccc(OCC(C)C)cc2)cc1. The van der Waals surface area contributed by atoms with Crippen LogP contribution in [-0.4, -0.2) is 17.5 Å². The predicted molar refractivity (Wildman–Crippen MR) is 85.4 cm³/mol. The van der Waals surface area contributed by atoms with Gasteiger partial charge in [-0.05, 0) is 37.1 Å². The molecule has 0 atom stereocenters. The fourth-order valence-corrected chi connectivity index (χ4v) is 1.97. The molecular formula is C18H21NO2. The maximum absolute atomic E-state index is 9.30. The summed E-state index contributed by atoms with van der Waals surface area (Å²) in [4.78, 5) is 0. The van der Waals surface area contributed by atoms with Crippen LogP contribution < -0.4 is 4.74 Å². The second-order valence-electron chi connectivity index (χ2n) is 5.54. The monoisotopic (exact) mass is 283 g/mol. The Morgan fingerprint density at radius 2 is 1.52 bits per heavy atom. The number of ether oxygens (including phenoxy) is 1. The molecule has 2 aromatic carbocycles. The standard InChI is InChI=1S/C18H21NO2/c1-13(2)12-21-17-10-8-16(9-11-17)18(19-20)15-6-4-14(3)5-7-15/h4-11,13,20H,12H2,1-3H3/b19-18-. The van der Waals surface area contributed by atoms with Crippen molar-refractivity contribution in [2.45, 2.75) is 20.8 Å². The van der Waals surface area contributed by atoms with Crippen LogP contribution in [0.4, 0.5) is 0 Å². The summed E-state index contributed by atoms with van der Waals surface area (Å²) in [6.45, 7) is 6.95. The van der Waals surface area contributed by atoms with Gasteiger partial charge in [-0.15, -0.1) is 0 Å². The summed E-state index contributed by atoms with van der Waals surface area (Å²) in [6, 6.07) is 15.5. The molecule has 0 aliphatic heterocycles. The van der Waals surface area contributed by atoms with Gasteiger partial charge in [-0.3, -0.25) is 0 Å². The molecule has 0 saturated heterocycles. The van der Waals surface area contributed by atoms with Crippen LogP contribution in [0.2, 0.25) is 0 Å². The third-order valence-electron chi connectivity index (χ3n) is 3.14. The van der Waals surface area contributed by atoms with E-state index in [2.05, 4.69) is 19.0 Å². The first-order valence-electron chi connectivity index (χ1n) is 7.12. The molecule has 110 valence electrons. The number of aryl methyl sites for hydroxylation is 1. The van der Waals surface area contributed by atoms with Gasteiger partial charge in [0.25, 0.3) is 0 Å². The lowest BCUT2D eigenvalue weighted by Crippen LogP contribution is -2.06. The van der Waals surface area contributed by atoms with E-state index >= 15 is 0 Å². The van der Waals surface area contributed by atoms with Crippen LogP contribution in [0.5, 0.6) is 5.75 Å². The number of rotatable bonds is 5. The van der Waals surface area contributed by atoms with Crippen molar-refractivity contribution in [3.8, 4) is 5.75 Å². The van der Waals surface area contributed by atoms with Gasteiger partial charge < -0.3 is 9.94 Å². The van der Waals surface area contributed by atoms with Crippen LogP contribution in [0.3, 0.4) is 0 Å². The number of hydrogen-bond acceptors (Lipinski definition) is 3. The largest absolute Gasteiger partial charge is 0.493 e. The third kappa shape index (κ3) is 4.09. The fraction of sp³-hybridized carbons (Fsp3) is 0.278. The van der Waals surface area contributed by atoms with E-state index in [1.165, 1.54) is 5.56 Å². The summed E-state index contributed by atoms with van der Waals surface area (Å²) in [5, 5.41) is 12.7. The fourth-order valence-electron chi connectivity index (χ4n) is 1.97. The average Bonchev–Trinajstić information content (AvgIpc) is 2.49.